The zero-order valence-corrected chi connectivity index (χ0v) is 16.9. The van der Waals surface area contributed by atoms with Crippen LogP contribution >= 0.6 is 15.9 Å². The number of anilines is 2. The lowest BCUT2D eigenvalue weighted by molar-refractivity contribution is -0.114. The van der Waals surface area contributed by atoms with E-state index < -0.39 is 0 Å². The Labute approximate surface area is 162 Å². The predicted octanol–water partition coefficient (Wildman–Crippen LogP) is 5.00. The fourth-order valence-corrected chi connectivity index (χ4v) is 2.74. The number of rotatable bonds is 6. The van der Waals surface area contributed by atoms with Crippen LogP contribution in [0.5, 0.6) is 5.75 Å². The Hall–Kier alpha value is -2.34. The summed E-state index contributed by atoms with van der Waals surface area (Å²) in [5, 5.41) is 5.60. The van der Waals surface area contributed by atoms with Crippen LogP contribution in [0.2, 0.25) is 0 Å². The van der Waals surface area contributed by atoms with Crippen molar-refractivity contribution in [3.63, 3.8) is 0 Å². The number of carbonyl (C=O) groups is 2. The van der Waals surface area contributed by atoms with Gasteiger partial charge in [-0.25, -0.2) is 0 Å². The molecule has 0 spiro atoms. The Balaban J connectivity index is 2.12. The fourth-order valence-electron chi connectivity index (χ4n) is 2.24. The summed E-state index contributed by atoms with van der Waals surface area (Å²) in [4.78, 5) is 23.8. The van der Waals surface area contributed by atoms with Crippen molar-refractivity contribution in [2.75, 3.05) is 17.2 Å². The molecule has 0 heterocycles. The summed E-state index contributed by atoms with van der Waals surface area (Å²) in [6, 6.07) is 10.6. The molecule has 26 heavy (non-hydrogen) atoms. The largest absolute Gasteiger partial charge is 0.492 e. The lowest BCUT2D eigenvalue weighted by Crippen LogP contribution is -2.13. The van der Waals surface area contributed by atoms with Crippen LogP contribution in [0, 0.1) is 12.8 Å². The average molecular weight is 419 g/mol. The normalized spacial score (nSPS) is 10.5. The van der Waals surface area contributed by atoms with Crippen LogP contribution < -0.4 is 15.4 Å². The molecule has 0 saturated heterocycles. The highest BCUT2D eigenvalue weighted by Crippen LogP contribution is 2.27. The highest BCUT2D eigenvalue weighted by Gasteiger charge is 2.11. The third kappa shape index (κ3) is 5.59. The molecule has 2 rings (SSSR count). The molecule has 0 aliphatic rings. The number of hydrogen-bond acceptors (Lipinski definition) is 3. The van der Waals surface area contributed by atoms with Crippen LogP contribution in [-0.2, 0) is 4.79 Å². The molecular weight excluding hydrogens is 396 g/mol. The van der Waals surface area contributed by atoms with Gasteiger partial charge in [0.05, 0.1) is 11.1 Å². The minimum absolute atomic E-state index is 0.155. The highest BCUT2D eigenvalue weighted by atomic mass is 79.9. The average Bonchev–Trinajstić information content (AvgIpc) is 2.56. The van der Waals surface area contributed by atoms with Gasteiger partial charge in [-0.3, -0.25) is 9.59 Å². The number of amides is 2. The van der Waals surface area contributed by atoms with Gasteiger partial charge in [-0.15, -0.1) is 0 Å². The van der Waals surface area contributed by atoms with Crippen LogP contribution in [-0.4, -0.2) is 18.4 Å². The smallest absolute Gasteiger partial charge is 0.255 e. The number of ether oxygens (including phenoxy) is 1. The van der Waals surface area contributed by atoms with Gasteiger partial charge in [0.25, 0.3) is 5.91 Å². The van der Waals surface area contributed by atoms with Crippen molar-refractivity contribution in [3.8, 4) is 5.75 Å². The van der Waals surface area contributed by atoms with E-state index in [0.717, 1.165) is 10.0 Å². The van der Waals surface area contributed by atoms with Crippen molar-refractivity contribution in [2.24, 2.45) is 5.92 Å². The molecule has 0 fully saturated rings. The Morgan fingerprint density at radius 3 is 2.46 bits per heavy atom. The molecule has 0 saturated carbocycles. The van der Waals surface area contributed by atoms with Gasteiger partial charge in [0.2, 0.25) is 5.91 Å². The van der Waals surface area contributed by atoms with Gasteiger partial charge in [0.1, 0.15) is 5.75 Å². The van der Waals surface area contributed by atoms with E-state index in [1.54, 1.807) is 30.3 Å². The van der Waals surface area contributed by atoms with E-state index >= 15 is 0 Å². The third-order valence-electron chi connectivity index (χ3n) is 3.57. The third-order valence-corrected chi connectivity index (χ3v) is 4.19. The standard InChI is InChI=1S/C20H23BrN2O3/c1-12(2)11-26-19-8-6-15(9-17(19)21)20(25)23-16-7-5-13(3)18(10-16)22-14(4)24/h5-10,12H,11H2,1-4H3,(H,22,24)(H,23,25). The molecule has 5 nitrogen and oxygen atoms in total. The van der Waals surface area contributed by atoms with E-state index in [9.17, 15) is 9.59 Å². The summed E-state index contributed by atoms with van der Waals surface area (Å²) in [6.45, 7) is 8.10. The molecule has 2 amide bonds. The fraction of sp³-hybridized carbons (Fsp3) is 0.300. The topological polar surface area (TPSA) is 67.4 Å². The monoisotopic (exact) mass is 418 g/mol. The first-order valence-electron chi connectivity index (χ1n) is 8.38. The maximum Gasteiger partial charge on any atom is 0.255 e. The Kier molecular flexibility index (Phi) is 6.80. The number of halogens is 1. The van der Waals surface area contributed by atoms with Gasteiger partial charge in [-0.1, -0.05) is 19.9 Å². The lowest BCUT2D eigenvalue weighted by atomic mass is 10.1. The van der Waals surface area contributed by atoms with E-state index in [1.165, 1.54) is 6.92 Å². The molecule has 138 valence electrons. The van der Waals surface area contributed by atoms with Crippen LogP contribution in [0.3, 0.4) is 0 Å². The Morgan fingerprint density at radius 1 is 1.12 bits per heavy atom. The summed E-state index contributed by atoms with van der Waals surface area (Å²) in [7, 11) is 0. The minimum atomic E-state index is -0.237. The van der Waals surface area contributed by atoms with Crippen molar-refractivity contribution >= 4 is 39.1 Å². The van der Waals surface area contributed by atoms with E-state index in [0.29, 0.717) is 35.2 Å². The second kappa shape index (κ2) is 8.85. The number of carbonyl (C=O) groups excluding carboxylic acids is 2. The van der Waals surface area contributed by atoms with Crippen molar-refractivity contribution in [2.45, 2.75) is 27.7 Å². The van der Waals surface area contributed by atoms with Gasteiger partial charge in [-0.2, -0.15) is 0 Å². The van der Waals surface area contributed by atoms with E-state index in [1.807, 2.05) is 13.0 Å². The summed E-state index contributed by atoms with van der Waals surface area (Å²) in [5.41, 5.74) is 2.72. The van der Waals surface area contributed by atoms with E-state index in [-0.39, 0.29) is 11.8 Å². The molecule has 0 atom stereocenters. The second-order valence-corrected chi connectivity index (χ2v) is 7.37. The molecule has 0 radical (unpaired) electrons. The van der Waals surface area contributed by atoms with Crippen LogP contribution in [0.1, 0.15) is 36.7 Å². The SMILES string of the molecule is CC(=O)Nc1cc(NC(=O)c2ccc(OCC(C)C)c(Br)c2)ccc1C. The molecule has 0 aromatic heterocycles. The second-order valence-electron chi connectivity index (χ2n) is 6.52. The first kappa shape index (κ1) is 20.0. The molecule has 0 bridgehead atoms. The number of nitrogens with one attached hydrogen (secondary N) is 2. The zero-order chi connectivity index (χ0) is 19.3. The van der Waals surface area contributed by atoms with E-state index in [4.69, 9.17) is 4.74 Å². The maximum atomic E-state index is 12.5. The Morgan fingerprint density at radius 2 is 1.85 bits per heavy atom. The molecule has 0 unspecified atom stereocenters. The van der Waals surface area contributed by atoms with Gasteiger partial charge in [-0.05, 0) is 64.7 Å². The van der Waals surface area contributed by atoms with Gasteiger partial charge < -0.3 is 15.4 Å². The lowest BCUT2D eigenvalue weighted by Gasteiger charge is -2.13. The first-order valence-corrected chi connectivity index (χ1v) is 9.17. The van der Waals surface area contributed by atoms with Crippen LogP contribution in [0.25, 0.3) is 0 Å². The number of aryl methyl sites for hydroxylation is 1. The molecule has 0 aliphatic carbocycles. The van der Waals surface area contributed by atoms with Crippen molar-refractivity contribution in [3.05, 3.63) is 52.0 Å². The van der Waals surface area contributed by atoms with Crippen LogP contribution in [0.15, 0.2) is 40.9 Å². The summed E-state index contributed by atoms with van der Waals surface area (Å²) >= 11 is 3.45. The molecule has 2 aromatic carbocycles. The Bertz CT molecular complexity index is 819. The number of hydrogen-bond donors (Lipinski definition) is 2. The van der Waals surface area contributed by atoms with Crippen molar-refractivity contribution < 1.29 is 14.3 Å². The molecular formula is C20H23BrN2O3. The first-order chi connectivity index (χ1) is 12.3. The summed E-state index contributed by atoms with van der Waals surface area (Å²) in [5.74, 6) is 0.735. The summed E-state index contributed by atoms with van der Waals surface area (Å²) < 4.78 is 6.43. The predicted molar refractivity (Wildman–Crippen MR) is 108 cm³/mol. The molecule has 6 heteroatoms. The maximum absolute atomic E-state index is 12.5. The van der Waals surface area contributed by atoms with E-state index in [2.05, 4.69) is 40.4 Å². The van der Waals surface area contributed by atoms with Crippen LogP contribution in [0.4, 0.5) is 11.4 Å². The van der Waals surface area contributed by atoms with Gasteiger partial charge >= 0.3 is 0 Å². The summed E-state index contributed by atoms with van der Waals surface area (Å²) in [6.07, 6.45) is 0. The van der Waals surface area contributed by atoms with Crippen molar-refractivity contribution in [1.82, 2.24) is 0 Å². The number of benzene rings is 2. The quantitative estimate of drug-likeness (QED) is 0.692. The van der Waals surface area contributed by atoms with Gasteiger partial charge in [0.15, 0.2) is 0 Å². The zero-order valence-electron chi connectivity index (χ0n) is 15.4. The molecule has 0 aliphatic heterocycles. The van der Waals surface area contributed by atoms with Gasteiger partial charge in [0, 0.05) is 23.9 Å². The molecule has 2 aromatic rings. The molecule has 2 N–H and O–H groups in total. The minimum Gasteiger partial charge on any atom is -0.492 e. The van der Waals surface area contributed by atoms with Crippen molar-refractivity contribution in [1.29, 1.82) is 0 Å². The highest BCUT2D eigenvalue weighted by molar-refractivity contribution is 9.10.